The molecule has 1 saturated heterocycles. The average molecular weight is 349 g/mol. The van der Waals surface area contributed by atoms with Gasteiger partial charge in [0.1, 0.15) is 5.75 Å². The molecule has 2 rings (SSSR count). The summed E-state index contributed by atoms with van der Waals surface area (Å²) in [4.78, 5) is 0. The fraction of sp³-hybridized carbons (Fsp3) is 0.571. The van der Waals surface area contributed by atoms with Crippen LogP contribution in [0.2, 0.25) is 5.02 Å². The van der Waals surface area contributed by atoms with Crippen molar-refractivity contribution in [3.63, 3.8) is 0 Å². The third kappa shape index (κ3) is 3.43. The Bertz CT molecular complexity index is 436. The van der Waals surface area contributed by atoms with Gasteiger partial charge in [-0.25, -0.2) is 0 Å². The van der Waals surface area contributed by atoms with Gasteiger partial charge in [0.2, 0.25) is 0 Å². The molecule has 2 atom stereocenters. The number of methoxy groups -OCH3 is 1. The van der Waals surface area contributed by atoms with Crippen molar-refractivity contribution in [2.45, 2.75) is 19.4 Å². The second-order valence-electron chi connectivity index (χ2n) is 4.67. The lowest BCUT2D eigenvalue weighted by Crippen LogP contribution is -2.29. The Balaban J connectivity index is 2.39. The van der Waals surface area contributed by atoms with Crippen molar-refractivity contribution in [2.24, 2.45) is 5.92 Å². The van der Waals surface area contributed by atoms with Gasteiger partial charge in [0, 0.05) is 29.2 Å². The first kappa shape index (κ1) is 15.1. The first-order valence-electron chi connectivity index (χ1n) is 6.51. The fourth-order valence-electron chi connectivity index (χ4n) is 2.59. The maximum absolute atomic E-state index is 6.19. The van der Waals surface area contributed by atoms with Crippen LogP contribution in [0.5, 0.6) is 5.75 Å². The van der Waals surface area contributed by atoms with Crippen molar-refractivity contribution < 1.29 is 9.47 Å². The second-order valence-corrected chi connectivity index (χ2v) is 5.96. The number of nitrogens with one attached hydrogen (secondary N) is 1. The Morgan fingerprint density at radius 1 is 1.58 bits per heavy atom. The van der Waals surface area contributed by atoms with E-state index in [4.69, 9.17) is 21.1 Å². The first-order valence-corrected chi connectivity index (χ1v) is 7.68. The number of rotatable bonds is 5. The lowest BCUT2D eigenvalue weighted by Gasteiger charge is -2.26. The van der Waals surface area contributed by atoms with E-state index in [1.165, 1.54) is 0 Å². The van der Waals surface area contributed by atoms with E-state index in [9.17, 15) is 0 Å². The van der Waals surface area contributed by atoms with Crippen LogP contribution in [0, 0.1) is 5.92 Å². The van der Waals surface area contributed by atoms with E-state index in [1.807, 2.05) is 12.1 Å². The summed E-state index contributed by atoms with van der Waals surface area (Å²) in [6, 6.07) is 4.05. The topological polar surface area (TPSA) is 30.5 Å². The molecule has 0 spiro atoms. The Morgan fingerprint density at radius 3 is 2.95 bits per heavy atom. The third-order valence-electron chi connectivity index (χ3n) is 3.44. The molecule has 5 heteroatoms. The monoisotopic (exact) mass is 347 g/mol. The highest BCUT2D eigenvalue weighted by atomic mass is 79.9. The summed E-state index contributed by atoms with van der Waals surface area (Å²) >= 11 is 9.70. The highest BCUT2D eigenvalue weighted by Crippen LogP contribution is 2.40. The molecule has 2 unspecified atom stereocenters. The zero-order chi connectivity index (χ0) is 13.8. The largest absolute Gasteiger partial charge is 0.495 e. The van der Waals surface area contributed by atoms with Crippen LogP contribution in [-0.2, 0) is 4.74 Å². The quantitative estimate of drug-likeness (QED) is 0.878. The molecule has 1 aliphatic rings. The number of benzene rings is 1. The van der Waals surface area contributed by atoms with Crippen molar-refractivity contribution in [3.05, 3.63) is 27.2 Å². The number of hydrogen-bond acceptors (Lipinski definition) is 3. The standard InChI is InChI=1S/C14H19BrClNO2/c1-3-17-13(9-4-5-19-8-9)11-6-10(16)7-12(15)14(11)18-2/h6-7,9,13,17H,3-5,8H2,1-2H3. The Kier molecular flexibility index (Phi) is 5.51. The van der Waals surface area contributed by atoms with Gasteiger partial charge in [-0.3, -0.25) is 0 Å². The number of ether oxygens (including phenoxy) is 2. The van der Waals surface area contributed by atoms with Crippen molar-refractivity contribution in [3.8, 4) is 5.75 Å². The minimum Gasteiger partial charge on any atom is -0.495 e. The van der Waals surface area contributed by atoms with Gasteiger partial charge in [-0.15, -0.1) is 0 Å². The van der Waals surface area contributed by atoms with E-state index in [2.05, 4.69) is 28.2 Å². The van der Waals surface area contributed by atoms with E-state index >= 15 is 0 Å². The van der Waals surface area contributed by atoms with Gasteiger partial charge >= 0.3 is 0 Å². The summed E-state index contributed by atoms with van der Waals surface area (Å²) in [5, 5.41) is 4.24. The molecule has 0 bridgehead atoms. The minimum atomic E-state index is 0.206. The smallest absolute Gasteiger partial charge is 0.137 e. The molecule has 0 aromatic heterocycles. The van der Waals surface area contributed by atoms with Gasteiger partial charge in [-0.2, -0.15) is 0 Å². The van der Waals surface area contributed by atoms with Gasteiger partial charge in [0.15, 0.2) is 0 Å². The number of halogens is 2. The van der Waals surface area contributed by atoms with Crippen LogP contribution in [0.1, 0.15) is 24.9 Å². The fourth-order valence-corrected chi connectivity index (χ4v) is 3.59. The summed E-state index contributed by atoms with van der Waals surface area (Å²) in [6.45, 7) is 4.62. The van der Waals surface area contributed by atoms with E-state index < -0.39 is 0 Å². The summed E-state index contributed by atoms with van der Waals surface area (Å²) in [5.74, 6) is 1.31. The summed E-state index contributed by atoms with van der Waals surface area (Å²) in [6.07, 6.45) is 1.06. The molecule has 0 radical (unpaired) electrons. The summed E-state index contributed by atoms with van der Waals surface area (Å²) < 4.78 is 11.9. The molecule has 1 aliphatic heterocycles. The SMILES string of the molecule is CCNC(c1cc(Cl)cc(Br)c1OC)C1CCOC1. The highest BCUT2D eigenvalue weighted by Gasteiger charge is 2.29. The molecular weight excluding hydrogens is 330 g/mol. The zero-order valence-corrected chi connectivity index (χ0v) is 13.6. The lowest BCUT2D eigenvalue weighted by atomic mass is 9.91. The zero-order valence-electron chi connectivity index (χ0n) is 11.2. The summed E-state index contributed by atoms with van der Waals surface area (Å²) in [7, 11) is 1.69. The normalized spacial score (nSPS) is 20.5. The van der Waals surface area contributed by atoms with Crippen LogP contribution in [-0.4, -0.2) is 26.9 Å². The predicted octanol–water partition coefficient (Wildman–Crippen LogP) is 3.80. The molecule has 106 valence electrons. The van der Waals surface area contributed by atoms with Crippen LogP contribution < -0.4 is 10.1 Å². The molecule has 1 fully saturated rings. The van der Waals surface area contributed by atoms with Crippen LogP contribution >= 0.6 is 27.5 Å². The molecule has 0 aliphatic carbocycles. The number of hydrogen-bond donors (Lipinski definition) is 1. The molecule has 19 heavy (non-hydrogen) atoms. The van der Waals surface area contributed by atoms with Crippen molar-refractivity contribution in [1.29, 1.82) is 0 Å². The second kappa shape index (κ2) is 6.93. The van der Waals surface area contributed by atoms with Crippen molar-refractivity contribution >= 4 is 27.5 Å². The molecular formula is C14H19BrClNO2. The van der Waals surface area contributed by atoms with Gasteiger partial charge in [0.25, 0.3) is 0 Å². The van der Waals surface area contributed by atoms with Gasteiger partial charge in [-0.1, -0.05) is 18.5 Å². The van der Waals surface area contributed by atoms with Crippen LogP contribution in [0.15, 0.2) is 16.6 Å². The van der Waals surface area contributed by atoms with Gasteiger partial charge in [0.05, 0.1) is 18.2 Å². The highest BCUT2D eigenvalue weighted by molar-refractivity contribution is 9.10. The maximum Gasteiger partial charge on any atom is 0.137 e. The molecule has 0 saturated carbocycles. The Hall–Kier alpha value is -0.290. The van der Waals surface area contributed by atoms with Crippen molar-refractivity contribution in [1.82, 2.24) is 5.32 Å². The van der Waals surface area contributed by atoms with Gasteiger partial charge in [-0.05, 0) is 41.0 Å². The van der Waals surface area contributed by atoms with E-state index in [-0.39, 0.29) is 6.04 Å². The minimum absolute atomic E-state index is 0.206. The third-order valence-corrected chi connectivity index (χ3v) is 4.24. The summed E-state index contributed by atoms with van der Waals surface area (Å²) in [5.41, 5.74) is 1.10. The van der Waals surface area contributed by atoms with Crippen molar-refractivity contribution in [2.75, 3.05) is 26.9 Å². The predicted molar refractivity (Wildman–Crippen MR) is 81.0 cm³/mol. The van der Waals surface area contributed by atoms with Crippen LogP contribution in [0.3, 0.4) is 0 Å². The van der Waals surface area contributed by atoms with Crippen LogP contribution in [0.4, 0.5) is 0 Å². The Morgan fingerprint density at radius 2 is 2.37 bits per heavy atom. The molecule has 1 aromatic carbocycles. The molecule has 1 N–H and O–H groups in total. The molecule has 3 nitrogen and oxygen atoms in total. The van der Waals surface area contributed by atoms with E-state index in [0.717, 1.165) is 42.0 Å². The molecule has 1 aromatic rings. The first-order chi connectivity index (χ1) is 9.17. The van der Waals surface area contributed by atoms with E-state index in [1.54, 1.807) is 7.11 Å². The van der Waals surface area contributed by atoms with E-state index in [0.29, 0.717) is 10.9 Å². The van der Waals surface area contributed by atoms with Crippen LogP contribution in [0.25, 0.3) is 0 Å². The maximum atomic E-state index is 6.19. The molecule has 1 heterocycles. The van der Waals surface area contributed by atoms with Gasteiger partial charge < -0.3 is 14.8 Å². The molecule has 0 amide bonds. The Labute approximate surface area is 127 Å². The lowest BCUT2D eigenvalue weighted by molar-refractivity contribution is 0.176. The average Bonchev–Trinajstić information content (AvgIpc) is 2.88.